The normalized spacial score (nSPS) is 36.1. The lowest BCUT2D eigenvalue weighted by Gasteiger charge is -2.48. The van der Waals surface area contributed by atoms with Crippen molar-refractivity contribution in [1.29, 1.82) is 0 Å². The highest BCUT2D eigenvalue weighted by Crippen LogP contribution is 2.47. The van der Waals surface area contributed by atoms with Gasteiger partial charge in [0.2, 0.25) is 11.8 Å². The summed E-state index contributed by atoms with van der Waals surface area (Å²) in [6, 6.07) is 2.57. The number of carbonyl (C=O) groups excluding carboxylic acids is 4. The van der Waals surface area contributed by atoms with Crippen LogP contribution in [-0.2, 0) is 44.8 Å². The highest BCUT2D eigenvalue weighted by molar-refractivity contribution is 7.13. The number of halogens is 1. The zero-order chi connectivity index (χ0) is 50.5. The minimum atomic E-state index is -3.15. The summed E-state index contributed by atoms with van der Waals surface area (Å²) in [4.78, 5) is 75.7. The van der Waals surface area contributed by atoms with Gasteiger partial charge in [-0.25, -0.2) is 19.2 Å². The van der Waals surface area contributed by atoms with Gasteiger partial charge in [-0.2, -0.15) is 0 Å². The van der Waals surface area contributed by atoms with Crippen LogP contribution in [0.25, 0.3) is 10.6 Å². The van der Waals surface area contributed by atoms with Crippen molar-refractivity contribution in [1.82, 2.24) is 14.9 Å². The van der Waals surface area contributed by atoms with Gasteiger partial charge < -0.3 is 45.2 Å². The zero-order valence-electron chi connectivity index (χ0n) is 41.8. The number of aliphatic hydroxyl groups is 2. The molecule has 19 heteroatoms. The van der Waals surface area contributed by atoms with Crippen LogP contribution < -0.4 is 11.1 Å². The number of aromatic nitrogens is 2. The number of fused-ring (bicyclic) bond motifs is 5. The Morgan fingerprint density at radius 1 is 1.12 bits per heavy atom. The first-order valence-corrected chi connectivity index (χ1v) is 24.8. The molecule has 2 aromatic heterocycles. The largest absolute Gasteiger partial charge is 0.457 e. The maximum Gasteiger partial charge on any atom is 0.351 e. The van der Waals surface area contributed by atoms with Crippen LogP contribution in [0.2, 0.25) is 0 Å². The molecule has 5 N–H and O–H groups in total. The fourth-order valence-corrected chi connectivity index (χ4v) is 11.0. The molecule has 17 nitrogen and oxygen atoms in total. The number of Topliss-reactive ketones (excluding diaryl/α,β-unsaturated/α-hetero) is 1. The second-order valence-electron chi connectivity index (χ2n) is 20.1. The number of amides is 2. The quantitative estimate of drug-likeness (QED) is 0.108. The maximum absolute atomic E-state index is 17.1. The van der Waals surface area contributed by atoms with Crippen molar-refractivity contribution in [2.24, 2.45) is 45.0 Å². The molecule has 2 aromatic rings. The number of aliphatic imine (C=N–C) groups is 1. The van der Waals surface area contributed by atoms with Crippen molar-refractivity contribution in [3.05, 3.63) is 29.4 Å². The number of anilines is 1. The maximum atomic E-state index is 17.1. The fraction of sp³-hybridized carbons (Fsp3) is 0.714. The number of hydrogen-bond donors (Lipinski definition) is 4. The summed E-state index contributed by atoms with van der Waals surface area (Å²) in [5.41, 5.74) is 2.11. The summed E-state index contributed by atoms with van der Waals surface area (Å²) in [7, 11) is 3.69. The number of thiazole rings is 1. The summed E-state index contributed by atoms with van der Waals surface area (Å²) < 4.78 is 36.1. The number of aliphatic hydroxyl groups excluding tert-OH is 1. The van der Waals surface area contributed by atoms with Crippen LogP contribution in [-0.4, -0.2) is 128 Å². The Bertz CT molecular complexity index is 2150. The van der Waals surface area contributed by atoms with Crippen molar-refractivity contribution < 1.29 is 52.8 Å². The Kier molecular flexibility index (Phi) is 18.3. The van der Waals surface area contributed by atoms with Gasteiger partial charge in [0.05, 0.1) is 29.7 Å². The topological polar surface area (TPSA) is 237 Å². The number of ether oxygens (including phenoxy) is 3. The average Bonchev–Trinajstić information content (AvgIpc) is 3.75. The minimum Gasteiger partial charge on any atom is -0.457 e. The van der Waals surface area contributed by atoms with Gasteiger partial charge in [-0.05, 0) is 116 Å². The van der Waals surface area contributed by atoms with E-state index < -0.39 is 82.8 Å². The lowest BCUT2D eigenvalue weighted by atomic mass is 9.65. The van der Waals surface area contributed by atoms with Crippen LogP contribution in [0.5, 0.6) is 0 Å². The Morgan fingerprint density at radius 3 is 2.44 bits per heavy atom. The number of ketones is 1. The van der Waals surface area contributed by atoms with Gasteiger partial charge in [-0.1, -0.05) is 46.7 Å². The molecule has 1 unspecified atom stereocenters. The third-order valence-electron chi connectivity index (χ3n) is 14.3. The number of rotatable bonds is 11. The molecule has 3 fully saturated rings. The van der Waals surface area contributed by atoms with Crippen molar-refractivity contribution >= 4 is 52.1 Å². The molecule has 1 saturated carbocycles. The highest BCUT2D eigenvalue weighted by atomic mass is 32.1. The molecule has 0 spiro atoms. The Morgan fingerprint density at radius 2 is 1.82 bits per heavy atom. The Balaban J connectivity index is 1.60. The molecule has 2 amide bonds. The molecule has 0 radical (unpaired) electrons. The van der Waals surface area contributed by atoms with E-state index >= 15 is 4.39 Å². The fourth-order valence-electron chi connectivity index (χ4n) is 10.2. The van der Waals surface area contributed by atoms with Crippen LogP contribution in [0.3, 0.4) is 0 Å². The number of esters is 1. The average molecular weight is 972 g/mol. The van der Waals surface area contributed by atoms with Gasteiger partial charge in [0, 0.05) is 47.2 Å². The van der Waals surface area contributed by atoms with E-state index in [9.17, 15) is 29.4 Å². The predicted octanol–water partition coefficient (Wildman–Crippen LogP) is 6.43. The standard InChI is InChI=1S/C49H74FN7O10S/c1-13-36-49(10,63)34-18-17-32(56-64-24-33-16-15-31(23-52-33)44-54-37(25-68-44)53-43(61)30(7)51)19-20-47(8,22-26(3)39(28(34)5)55-38(58)14-2)42(29(6)41(60)48(9,50)46(62)66-36)67-45-40(59)35(57(11)12)21-27(4)65-45/h15-16,23,25-30,34-36,40,42,45,59,63H,13-14,17-22,24,51H2,1-12H3,(H,53,61)/b55-39?,56-32+/t26-,27-,28-,29?,30+,34-,35+,36-,40-,42-,45+,47-,48+,49+/m1/s1. The molecule has 2 bridgehead atoms. The van der Waals surface area contributed by atoms with Crippen LogP contribution in [0.1, 0.15) is 126 Å². The van der Waals surface area contributed by atoms with E-state index in [4.69, 9.17) is 29.8 Å². The van der Waals surface area contributed by atoms with Crippen LogP contribution in [0.15, 0.2) is 33.9 Å². The number of likely N-dealkylation sites (N-methyl/N-ethyl adjacent to an activating group) is 1. The predicted molar refractivity (Wildman–Crippen MR) is 257 cm³/mol. The summed E-state index contributed by atoms with van der Waals surface area (Å²) in [5.74, 6) is -5.88. The minimum absolute atomic E-state index is 0.00147. The van der Waals surface area contributed by atoms with Crippen LogP contribution >= 0.6 is 11.3 Å². The first kappa shape index (κ1) is 54.8. The number of carbonyl (C=O) groups is 4. The van der Waals surface area contributed by atoms with Crippen LogP contribution in [0, 0.1) is 29.1 Å². The third kappa shape index (κ3) is 12.6. The summed E-state index contributed by atoms with van der Waals surface area (Å²) in [5, 5.41) is 34.1. The number of hydrogen-bond acceptors (Lipinski definition) is 16. The number of pyridine rings is 1. The molecular formula is C49H74FN7O10S. The van der Waals surface area contributed by atoms with Gasteiger partial charge in [-0.15, -0.1) is 11.3 Å². The van der Waals surface area contributed by atoms with Crippen molar-refractivity contribution in [3.63, 3.8) is 0 Å². The first-order chi connectivity index (χ1) is 31.8. The van der Waals surface area contributed by atoms with Crippen molar-refractivity contribution in [2.75, 3.05) is 19.4 Å². The van der Waals surface area contributed by atoms with E-state index in [-0.39, 0.29) is 56.3 Å². The molecule has 2 saturated heterocycles. The highest BCUT2D eigenvalue weighted by Gasteiger charge is 2.56. The molecule has 1 aliphatic carbocycles. The Hall–Kier alpha value is -4.11. The molecule has 5 rings (SSSR count). The van der Waals surface area contributed by atoms with E-state index in [0.717, 1.165) is 12.5 Å². The van der Waals surface area contributed by atoms with E-state index in [1.165, 1.54) is 18.3 Å². The van der Waals surface area contributed by atoms with E-state index in [2.05, 4.69) is 20.4 Å². The second kappa shape index (κ2) is 22.8. The summed E-state index contributed by atoms with van der Waals surface area (Å²) in [6.45, 7) is 16.6. The number of nitrogens with two attached hydrogens (primary N) is 1. The smallest absolute Gasteiger partial charge is 0.351 e. The number of alkyl halides is 1. The van der Waals surface area contributed by atoms with Gasteiger partial charge >= 0.3 is 5.97 Å². The first-order valence-electron chi connectivity index (χ1n) is 23.9. The van der Waals surface area contributed by atoms with Gasteiger partial charge in [-0.3, -0.25) is 19.4 Å². The SMILES string of the molecule is CCC(=O)N=C1[C@H](C)C[C@@]2(C)CC/C(=N/OCc3ccc(-c4nc(NC(=O)[C@H](C)N)cs4)cn3)CC[C@H]([C@H]1C)[C@](C)(O)[C@@H](CC)OC(=O)[C@@](C)(F)C(=O)C(C)[C@H]2O[C@@H]1O[C@H](C)C[C@H](N(C)C)[C@H]1O. The second-order valence-corrected chi connectivity index (χ2v) is 20.9. The summed E-state index contributed by atoms with van der Waals surface area (Å²) >= 11 is 1.34. The molecule has 378 valence electrons. The van der Waals surface area contributed by atoms with Crippen LogP contribution in [0.4, 0.5) is 10.2 Å². The van der Waals surface area contributed by atoms with Crippen molar-refractivity contribution in [2.45, 2.75) is 181 Å². The number of nitrogens with zero attached hydrogens (tertiary/aromatic N) is 5. The van der Waals surface area contributed by atoms with Crippen molar-refractivity contribution in [3.8, 4) is 10.6 Å². The van der Waals surface area contributed by atoms with Gasteiger partial charge in [0.25, 0.3) is 5.67 Å². The van der Waals surface area contributed by atoms with E-state index in [1.807, 2.05) is 52.8 Å². The van der Waals surface area contributed by atoms with Gasteiger partial charge in [0.15, 0.2) is 18.7 Å². The number of cyclic esters (lactones) is 1. The van der Waals surface area contributed by atoms with E-state index in [0.29, 0.717) is 53.6 Å². The number of oxime groups is 1. The van der Waals surface area contributed by atoms with E-state index in [1.54, 1.807) is 45.3 Å². The van der Waals surface area contributed by atoms with Gasteiger partial charge in [0.1, 0.15) is 28.6 Å². The molecule has 4 heterocycles. The summed E-state index contributed by atoms with van der Waals surface area (Å²) in [6.07, 6.45) is -1.40. The monoisotopic (exact) mass is 972 g/mol. The molecule has 68 heavy (non-hydrogen) atoms. The zero-order valence-corrected chi connectivity index (χ0v) is 42.6. The number of nitrogens with one attached hydrogen (secondary N) is 1. The lowest BCUT2D eigenvalue weighted by molar-refractivity contribution is -0.287. The molecule has 0 aromatic carbocycles. The molecule has 2 aliphatic heterocycles. The third-order valence-corrected chi connectivity index (χ3v) is 15.2. The molecule has 14 atom stereocenters. The lowest BCUT2D eigenvalue weighted by Crippen LogP contribution is -2.59. The molecule has 3 aliphatic rings. The Labute approximate surface area is 404 Å². The molecular weight excluding hydrogens is 898 g/mol.